The summed E-state index contributed by atoms with van der Waals surface area (Å²) < 4.78 is 0.748. The van der Waals surface area contributed by atoms with E-state index in [1.54, 1.807) is 42.5 Å². The third-order valence-corrected chi connectivity index (χ3v) is 5.69. The molecule has 0 aliphatic rings. The Labute approximate surface area is 210 Å². The minimum absolute atomic E-state index is 0.0634. The van der Waals surface area contributed by atoms with Gasteiger partial charge in [-0.2, -0.15) is 0 Å². The fraction of sp³-hybridized carbons (Fsp3) is 0.0370. The van der Waals surface area contributed by atoms with Gasteiger partial charge in [0.2, 0.25) is 5.88 Å². The number of amides is 2. The van der Waals surface area contributed by atoms with E-state index in [2.05, 4.69) is 36.5 Å². The lowest BCUT2D eigenvalue weighted by Gasteiger charge is -2.06. The van der Waals surface area contributed by atoms with Crippen molar-refractivity contribution in [2.75, 3.05) is 0 Å². The Bertz CT molecular complexity index is 1470. The van der Waals surface area contributed by atoms with Crippen molar-refractivity contribution in [1.29, 1.82) is 0 Å². The van der Waals surface area contributed by atoms with Gasteiger partial charge in [-0.15, -0.1) is 10.2 Å². The van der Waals surface area contributed by atoms with E-state index in [0.29, 0.717) is 16.5 Å². The number of fused-ring (bicyclic) bond motifs is 1. The second kappa shape index (κ2) is 10.8. The first-order valence-corrected chi connectivity index (χ1v) is 11.5. The summed E-state index contributed by atoms with van der Waals surface area (Å²) >= 11 is 3.45. The van der Waals surface area contributed by atoms with E-state index >= 15 is 0 Å². The van der Waals surface area contributed by atoms with Crippen LogP contribution in [-0.2, 0) is 4.79 Å². The number of allylic oxidation sites excluding steroid dienone is 2. The number of nitrogens with zero attached hydrogens (tertiary/aromatic N) is 2. The lowest BCUT2D eigenvalue weighted by Crippen LogP contribution is -2.26. The predicted octanol–water partition coefficient (Wildman–Crippen LogP) is 6.58. The van der Waals surface area contributed by atoms with Crippen LogP contribution < -0.4 is 5.32 Å². The van der Waals surface area contributed by atoms with Crippen LogP contribution >= 0.6 is 15.9 Å². The van der Waals surface area contributed by atoms with Gasteiger partial charge < -0.3 is 15.4 Å². The highest BCUT2D eigenvalue weighted by atomic mass is 79.9. The molecule has 2 amide bonds. The third kappa shape index (κ3) is 5.80. The number of hydrogen-bond acceptors (Lipinski definition) is 4. The topological polar surface area (TPSA) is 107 Å². The maximum absolute atomic E-state index is 13.0. The smallest absolute Gasteiger partial charge is 0.311 e. The Morgan fingerprint density at radius 3 is 2.43 bits per heavy atom. The van der Waals surface area contributed by atoms with Crippen molar-refractivity contribution < 1.29 is 14.7 Å². The SMILES string of the molecule is Cc1cc(Br)c2[nH]c(O)c(N=NC(=O)C(=CC=Cc3ccccc3)NC(=O)c3ccccc3)c2c1. The van der Waals surface area contributed by atoms with Gasteiger partial charge in [-0.3, -0.25) is 9.59 Å². The molecule has 0 atom stereocenters. The first kappa shape index (κ1) is 23.8. The summed E-state index contributed by atoms with van der Waals surface area (Å²) in [6.45, 7) is 1.90. The van der Waals surface area contributed by atoms with Crippen molar-refractivity contribution in [3.63, 3.8) is 0 Å². The van der Waals surface area contributed by atoms with E-state index in [-0.39, 0.29) is 17.3 Å². The number of aryl methyl sites for hydroxylation is 1. The lowest BCUT2D eigenvalue weighted by atomic mass is 10.1. The molecule has 7 nitrogen and oxygen atoms in total. The quantitative estimate of drug-likeness (QED) is 0.149. The molecule has 0 saturated heterocycles. The zero-order valence-corrected chi connectivity index (χ0v) is 20.3. The summed E-state index contributed by atoms with van der Waals surface area (Å²) in [6, 6.07) is 21.8. The number of carbonyl (C=O) groups excluding carboxylic acids is 2. The van der Waals surface area contributed by atoms with Crippen LogP contribution in [0.25, 0.3) is 17.0 Å². The summed E-state index contributed by atoms with van der Waals surface area (Å²) in [4.78, 5) is 28.5. The van der Waals surface area contributed by atoms with E-state index in [9.17, 15) is 14.7 Å². The van der Waals surface area contributed by atoms with Crippen molar-refractivity contribution in [1.82, 2.24) is 10.3 Å². The van der Waals surface area contributed by atoms with Crippen molar-refractivity contribution in [3.8, 4) is 5.88 Å². The van der Waals surface area contributed by atoms with Gasteiger partial charge in [0.15, 0.2) is 5.69 Å². The Morgan fingerprint density at radius 1 is 1.03 bits per heavy atom. The van der Waals surface area contributed by atoms with Gasteiger partial charge >= 0.3 is 5.91 Å². The molecule has 0 saturated carbocycles. The standard InChI is InChI=1S/C27H21BrN4O3/c1-17-15-20-23(21(28)16-17)30-27(35)24(20)31-32-26(34)22(14-8-11-18-9-4-2-5-10-18)29-25(33)19-12-6-3-7-13-19/h2-16,30,35H,1H3,(H,29,33). The fourth-order valence-corrected chi connectivity index (χ4v) is 4.06. The van der Waals surface area contributed by atoms with Crippen molar-refractivity contribution in [2.45, 2.75) is 6.92 Å². The lowest BCUT2D eigenvalue weighted by molar-refractivity contribution is -0.115. The molecule has 0 spiro atoms. The highest BCUT2D eigenvalue weighted by Crippen LogP contribution is 2.39. The van der Waals surface area contributed by atoms with E-state index < -0.39 is 11.8 Å². The molecule has 4 rings (SSSR count). The fourth-order valence-electron chi connectivity index (χ4n) is 3.38. The summed E-state index contributed by atoms with van der Waals surface area (Å²) in [5.74, 6) is -1.44. The van der Waals surface area contributed by atoms with Gasteiger partial charge in [-0.1, -0.05) is 60.7 Å². The molecule has 0 fully saturated rings. The first-order valence-electron chi connectivity index (χ1n) is 10.7. The number of benzene rings is 3. The van der Waals surface area contributed by atoms with E-state index in [1.165, 1.54) is 6.08 Å². The maximum atomic E-state index is 13.0. The molecule has 0 bridgehead atoms. The third-order valence-electron chi connectivity index (χ3n) is 5.06. The molecule has 3 aromatic carbocycles. The van der Waals surface area contributed by atoms with Crippen LogP contribution in [0.15, 0.2) is 105 Å². The number of H-pyrrole nitrogens is 1. The Morgan fingerprint density at radius 2 is 1.71 bits per heavy atom. The van der Waals surface area contributed by atoms with Gasteiger partial charge in [-0.05, 0) is 64.3 Å². The van der Waals surface area contributed by atoms with Crippen LogP contribution in [0.5, 0.6) is 5.88 Å². The number of nitrogens with one attached hydrogen (secondary N) is 2. The molecule has 8 heteroatoms. The highest BCUT2D eigenvalue weighted by Gasteiger charge is 2.16. The second-order valence-electron chi connectivity index (χ2n) is 7.67. The van der Waals surface area contributed by atoms with Crippen LogP contribution in [0, 0.1) is 6.92 Å². The van der Waals surface area contributed by atoms with Crippen LogP contribution in [0.4, 0.5) is 5.69 Å². The summed E-state index contributed by atoms with van der Waals surface area (Å²) in [5.41, 5.74) is 2.96. The number of rotatable bonds is 6. The number of aromatic amines is 1. The minimum atomic E-state index is -0.771. The Kier molecular flexibility index (Phi) is 7.32. The van der Waals surface area contributed by atoms with Crippen LogP contribution in [0.2, 0.25) is 0 Å². The second-order valence-corrected chi connectivity index (χ2v) is 8.52. The molecule has 1 heterocycles. The summed E-state index contributed by atoms with van der Waals surface area (Å²) in [5, 5.41) is 21.3. The number of hydrogen-bond donors (Lipinski definition) is 3. The van der Waals surface area contributed by atoms with E-state index in [4.69, 9.17) is 0 Å². The number of aromatic nitrogens is 1. The Balaban J connectivity index is 1.64. The number of aromatic hydroxyl groups is 1. The number of carbonyl (C=O) groups is 2. The van der Waals surface area contributed by atoms with Crippen LogP contribution in [0.3, 0.4) is 0 Å². The highest BCUT2D eigenvalue weighted by molar-refractivity contribution is 9.10. The first-order chi connectivity index (χ1) is 16.9. The normalized spacial score (nSPS) is 12.0. The molecule has 174 valence electrons. The van der Waals surface area contributed by atoms with Crippen LogP contribution in [-0.4, -0.2) is 21.9 Å². The minimum Gasteiger partial charge on any atom is -0.493 e. The molecule has 0 aliphatic carbocycles. The average molecular weight is 529 g/mol. The molecule has 3 N–H and O–H groups in total. The molecule has 1 aromatic heterocycles. The van der Waals surface area contributed by atoms with Gasteiger partial charge in [-0.25, -0.2) is 0 Å². The van der Waals surface area contributed by atoms with Crippen molar-refractivity contribution in [3.05, 3.63) is 112 Å². The molecule has 35 heavy (non-hydrogen) atoms. The average Bonchev–Trinajstić information content (AvgIpc) is 3.18. The number of azo groups is 1. The monoisotopic (exact) mass is 528 g/mol. The molecule has 0 radical (unpaired) electrons. The molecule has 0 aliphatic heterocycles. The molecule has 0 unspecified atom stereocenters. The zero-order valence-electron chi connectivity index (χ0n) is 18.7. The van der Waals surface area contributed by atoms with Gasteiger partial charge in [0, 0.05) is 15.4 Å². The zero-order chi connectivity index (χ0) is 24.8. The van der Waals surface area contributed by atoms with Gasteiger partial charge in [0.05, 0.1) is 5.52 Å². The van der Waals surface area contributed by atoms with Crippen LogP contribution in [0.1, 0.15) is 21.5 Å². The Hall–Kier alpha value is -4.30. The van der Waals surface area contributed by atoms with Gasteiger partial charge in [0.1, 0.15) is 5.70 Å². The van der Waals surface area contributed by atoms with E-state index in [0.717, 1.165) is 15.6 Å². The molecule has 4 aromatic rings. The number of halogens is 1. The van der Waals surface area contributed by atoms with Crippen molar-refractivity contribution >= 4 is 50.4 Å². The molecular weight excluding hydrogens is 508 g/mol. The van der Waals surface area contributed by atoms with E-state index in [1.807, 2.05) is 49.4 Å². The van der Waals surface area contributed by atoms with Gasteiger partial charge in [0.25, 0.3) is 5.91 Å². The largest absolute Gasteiger partial charge is 0.493 e. The predicted molar refractivity (Wildman–Crippen MR) is 139 cm³/mol. The summed E-state index contributed by atoms with van der Waals surface area (Å²) in [7, 11) is 0. The summed E-state index contributed by atoms with van der Waals surface area (Å²) in [6.07, 6.45) is 4.91. The molecular formula is C27H21BrN4O3. The van der Waals surface area contributed by atoms with Crippen molar-refractivity contribution in [2.24, 2.45) is 10.2 Å². The maximum Gasteiger partial charge on any atom is 0.311 e.